The van der Waals surface area contributed by atoms with Crippen LogP contribution < -0.4 is 15.7 Å². The van der Waals surface area contributed by atoms with Gasteiger partial charge in [-0.25, -0.2) is 9.59 Å². The zero-order chi connectivity index (χ0) is 26.6. The maximum Gasteiger partial charge on any atom is 0.373 e. The number of fused-ring (bicyclic) bond motifs is 3. The van der Waals surface area contributed by atoms with Crippen molar-refractivity contribution in [2.45, 2.75) is 47.0 Å². The van der Waals surface area contributed by atoms with Crippen LogP contribution in [0.2, 0.25) is 0 Å². The van der Waals surface area contributed by atoms with Gasteiger partial charge in [0, 0.05) is 17.2 Å². The highest BCUT2D eigenvalue weighted by Gasteiger charge is 2.71. The molecule has 2 bridgehead atoms. The quantitative estimate of drug-likeness (QED) is 0.281. The summed E-state index contributed by atoms with van der Waals surface area (Å²) in [6.07, 6.45) is 1.74. The number of ether oxygens (including phenoxy) is 1. The third-order valence-electron chi connectivity index (χ3n) is 8.87. The van der Waals surface area contributed by atoms with Gasteiger partial charge in [-0.15, -0.1) is 0 Å². The molecule has 192 valence electrons. The molecule has 1 amide bonds. The molecule has 1 heterocycles. The summed E-state index contributed by atoms with van der Waals surface area (Å²) in [7, 11) is 1.57. The van der Waals surface area contributed by atoms with Crippen molar-refractivity contribution < 1.29 is 23.6 Å². The fraction of sp³-hybridized carbons (Fsp3) is 0.379. The van der Waals surface area contributed by atoms with Gasteiger partial charge in [0.15, 0.2) is 0 Å². The van der Waals surface area contributed by atoms with Crippen LogP contribution in [-0.4, -0.2) is 24.7 Å². The van der Waals surface area contributed by atoms with Gasteiger partial charge in [-0.05, 0) is 55.0 Å². The number of benzene rings is 2. The van der Waals surface area contributed by atoms with E-state index in [4.69, 9.17) is 14.0 Å². The minimum atomic E-state index is -0.890. The first-order valence-electron chi connectivity index (χ1n) is 12.3. The van der Waals surface area contributed by atoms with E-state index in [0.29, 0.717) is 47.4 Å². The molecular weight excluding hydrogens is 472 g/mol. The molecule has 0 radical (unpaired) electrons. The molecule has 2 aromatic carbocycles. The van der Waals surface area contributed by atoms with Crippen molar-refractivity contribution in [3.8, 4) is 5.75 Å². The lowest BCUT2D eigenvalue weighted by molar-refractivity contribution is -0.130. The van der Waals surface area contributed by atoms with Crippen molar-refractivity contribution in [3.63, 3.8) is 0 Å². The van der Waals surface area contributed by atoms with Crippen LogP contribution in [0, 0.1) is 23.2 Å². The molecule has 0 saturated heterocycles. The van der Waals surface area contributed by atoms with Crippen LogP contribution in [-0.2, 0) is 9.63 Å². The van der Waals surface area contributed by atoms with Gasteiger partial charge in [0.2, 0.25) is 5.91 Å². The summed E-state index contributed by atoms with van der Waals surface area (Å²) >= 11 is 0. The Bertz CT molecular complexity index is 1520. The normalized spacial score (nSPS) is 24.8. The number of rotatable bonds is 5. The van der Waals surface area contributed by atoms with Gasteiger partial charge in [-0.1, -0.05) is 50.2 Å². The van der Waals surface area contributed by atoms with Crippen LogP contribution in [0.4, 0.5) is 5.69 Å². The van der Waals surface area contributed by atoms with E-state index in [1.54, 1.807) is 31.4 Å². The highest BCUT2D eigenvalue weighted by molar-refractivity contribution is 6.07. The Hall–Kier alpha value is -3.94. The van der Waals surface area contributed by atoms with E-state index in [9.17, 15) is 14.4 Å². The van der Waals surface area contributed by atoms with E-state index in [2.05, 4.69) is 31.2 Å². The topological polar surface area (TPSA) is 107 Å². The van der Waals surface area contributed by atoms with Crippen molar-refractivity contribution in [1.82, 2.24) is 0 Å². The summed E-state index contributed by atoms with van der Waals surface area (Å²) in [5.41, 5.74) is -0.0486. The maximum atomic E-state index is 13.8. The Labute approximate surface area is 214 Å². The third kappa shape index (κ3) is 3.65. The summed E-state index contributed by atoms with van der Waals surface area (Å²) in [6, 6.07) is 14.0. The van der Waals surface area contributed by atoms with E-state index < -0.39 is 27.8 Å². The molecule has 0 spiro atoms. The summed E-state index contributed by atoms with van der Waals surface area (Å²) in [5, 5.41) is 7.93. The highest BCUT2D eigenvalue weighted by atomic mass is 16.7. The van der Waals surface area contributed by atoms with Crippen LogP contribution in [0.5, 0.6) is 5.75 Å². The molecule has 2 aliphatic carbocycles. The second-order valence-corrected chi connectivity index (χ2v) is 10.8. The number of carbonyl (C=O) groups excluding carboxylic acids is 2. The number of methoxy groups -OCH3 is 1. The molecule has 2 atom stereocenters. The molecule has 5 rings (SSSR count). The molecular formula is C29H30N2O6. The number of nitrogens with one attached hydrogen (secondary N) is 1. The first-order chi connectivity index (χ1) is 17.5. The average Bonchev–Trinajstić information content (AvgIpc) is 3.18. The second kappa shape index (κ2) is 8.57. The Balaban J connectivity index is 1.43. The lowest BCUT2D eigenvalue weighted by Crippen LogP contribution is -2.43. The molecule has 1 aromatic heterocycles. The van der Waals surface area contributed by atoms with Gasteiger partial charge in [0.25, 0.3) is 0 Å². The van der Waals surface area contributed by atoms with Crippen molar-refractivity contribution in [1.29, 1.82) is 0 Å². The van der Waals surface area contributed by atoms with E-state index >= 15 is 0 Å². The molecule has 0 aliphatic heterocycles. The fourth-order valence-electron chi connectivity index (χ4n) is 6.03. The monoisotopic (exact) mass is 502 g/mol. The minimum absolute atomic E-state index is 0.114. The van der Waals surface area contributed by atoms with Crippen molar-refractivity contribution in [3.05, 3.63) is 70.1 Å². The van der Waals surface area contributed by atoms with Gasteiger partial charge in [0.05, 0.1) is 23.9 Å². The number of nitrogens with zero attached hydrogens (tertiary/aromatic N) is 1. The van der Waals surface area contributed by atoms with Gasteiger partial charge in [0.1, 0.15) is 16.9 Å². The number of hydrogen-bond acceptors (Lipinski definition) is 7. The van der Waals surface area contributed by atoms with Crippen LogP contribution in [0.25, 0.3) is 11.0 Å². The van der Waals surface area contributed by atoms with Gasteiger partial charge >= 0.3 is 11.6 Å². The largest absolute Gasteiger partial charge is 0.495 e. The molecule has 1 N–H and O–H groups in total. The van der Waals surface area contributed by atoms with E-state index in [-0.39, 0.29) is 11.5 Å². The first kappa shape index (κ1) is 24.7. The fourth-order valence-corrected chi connectivity index (χ4v) is 6.03. The maximum absolute atomic E-state index is 13.8. The number of hydrogen-bond donors (Lipinski definition) is 1. The van der Waals surface area contributed by atoms with Crippen molar-refractivity contribution in [2.75, 3.05) is 12.4 Å². The second-order valence-electron chi connectivity index (χ2n) is 10.8. The molecule has 2 unspecified atom stereocenters. The number of anilines is 1. The Kier molecular flexibility index (Phi) is 5.73. The molecule has 2 saturated carbocycles. The van der Waals surface area contributed by atoms with Crippen molar-refractivity contribution in [2.24, 2.45) is 21.4 Å². The predicted molar refractivity (Wildman–Crippen MR) is 140 cm³/mol. The summed E-state index contributed by atoms with van der Waals surface area (Å²) in [5.74, 6) is -0.417. The SMILES string of the molecule is COc1ccc(C)cc1NC(=O)C12CCC(C)(C(=NOC(=O)c3cc4ccccc4oc3=O)C1)C2(C)C. The molecule has 2 fully saturated rings. The molecule has 8 nitrogen and oxygen atoms in total. The minimum Gasteiger partial charge on any atom is -0.495 e. The van der Waals surface area contributed by atoms with Gasteiger partial charge in [-0.3, -0.25) is 4.79 Å². The van der Waals surface area contributed by atoms with Crippen LogP contribution >= 0.6 is 0 Å². The lowest BCUT2D eigenvalue weighted by Gasteiger charge is -2.39. The average molecular weight is 503 g/mol. The number of aryl methyl sites for hydroxylation is 1. The zero-order valence-corrected chi connectivity index (χ0v) is 21.6. The number of para-hydroxylation sites is 1. The summed E-state index contributed by atoms with van der Waals surface area (Å²) in [4.78, 5) is 44.3. The lowest BCUT2D eigenvalue weighted by atomic mass is 9.64. The smallest absolute Gasteiger partial charge is 0.373 e. The van der Waals surface area contributed by atoms with E-state index in [1.165, 1.54) is 6.07 Å². The molecule has 2 aliphatic rings. The first-order valence-corrected chi connectivity index (χ1v) is 12.3. The number of oxime groups is 1. The predicted octanol–water partition coefficient (Wildman–Crippen LogP) is 5.48. The van der Waals surface area contributed by atoms with Crippen molar-refractivity contribution >= 4 is 34.2 Å². The van der Waals surface area contributed by atoms with E-state index in [0.717, 1.165) is 5.56 Å². The summed E-state index contributed by atoms with van der Waals surface area (Å²) < 4.78 is 10.7. The molecule has 37 heavy (non-hydrogen) atoms. The summed E-state index contributed by atoms with van der Waals surface area (Å²) in [6.45, 7) is 8.14. The molecule has 3 aromatic rings. The van der Waals surface area contributed by atoms with Gasteiger partial charge in [-0.2, -0.15) is 0 Å². The Morgan fingerprint density at radius 2 is 1.81 bits per heavy atom. The van der Waals surface area contributed by atoms with Gasteiger partial charge < -0.3 is 19.3 Å². The standard InChI is InChI=1S/C29H30N2O6/c1-17-10-11-22(35-5)20(14-17)30-26(34)29-13-12-28(4,27(29,2)3)23(16-29)31-37-25(33)19-15-18-8-6-7-9-21(18)36-24(19)32/h6-11,14-15H,12-13,16H2,1-5H3,(H,30,34). The van der Waals surface area contributed by atoms with Crippen LogP contribution in [0.15, 0.2) is 62.9 Å². The highest BCUT2D eigenvalue weighted by Crippen LogP contribution is 2.71. The third-order valence-corrected chi connectivity index (χ3v) is 8.87. The number of amides is 1. The van der Waals surface area contributed by atoms with Crippen LogP contribution in [0.1, 0.15) is 56.0 Å². The number of carbonyl (C=O) groups is 2. The van der Waals surface area contributed by atoms with E-state index in [1.807, 2.05) is 25.1 Å². The molecule has 8 heteroatoms. The van der Waals surface area contributed by atoms with Crippen LogP contribution in [0.3, 0.4) is 0 Å². The Morgan fingerprint density at radius 3 is 2.57 bits per heavy atom. The Morgan fingerprint density at radius 1 is 1.05 bits per heavy atom. The zero-order valence-electron chi connectivity index (χ0n) is 21.6.